The van der Waals surface area contributed by atoms with Gasteiger partial charge in [0.2, 0.25) is 0 Å². The van der Waals surface area contributed by atoms with E-state index in [2.05, 4.69) is 20.8 Å². The van der Waals surface area contributed by atoms with Gasteiger partial charge in [-0.3, -0.25) is 4.79 Å². The molecule has 1 unspecified atom stereocenters. The second-order valence-corrected chi connectivity index (χ2v) is 6.59. The monoisotopic (exact) mass is 270 g/mol. The van der Waals surface area contributed by atoms with Crippen LogP contribution in [0.15, 0.2) is 18.2 Å². The van der Waals surface area contributed by atoms with Crippen LogP contribution in [0.25, 0.3) is 0 Å². The number of halogens is 2. The van der Waals surface area contributed by atoms with Crippen LogP contribution in [-0.2, 0) is 0 Å². The molecule has 0 heterocycles. The van der Waals surface area contributed by atoms with Crippen LogP contribution in [-0.4, -0.2) is 5.78 Å². The van der Waals surface area contributed by atoms with Crippen molar-refractivity contribution >= 4 is 17.4 Å². The molecule has 0 aromatic heterocycles. The molecule has 0 aliphatic carbocycles. The van der Waals surface area contributed by atoms with Gasteiger partial charge in [-0.05, 0) is 36.0 Å². The van der Waals surface area contributed by atoms with Gasteiger partial charge in [-0.1, -0.05) is 39.3 Å². The van der Waals surface area contributed by atoms with Crippen LogP contribution < -0.4 is 0 Å². The van der Waals surface area contributed by atoms with Crippen LogP contribution in [0, 0.1) is 17.2 Å². The van der Waals surface area contributed by atoms with Crippen molar-refractivity contribution in [2.75, 3.05) is 0 Å². The average Bonchev–Trinajstić information content (AvgIpc) is 2.12. The summed E-state index contributed by atoms with van der Waals surface area (Å²) < 4.78 is 13.2. The highest BCUT2D eigenvalue weighted by atomic mass is 35.5. The Hall–Kier alpha value is -0.890. The van der Waals surface area contributed by atoms with Crippen molar-refractivity contribution in [1.82, 2.24) is 0 Å². The molecular weight excluding hydrogens is 251 g/mol. The highest BCUT2D eigenvalue weighted by Crippen LogP contribution is 2.27. The van der Waals surface area contributed by atoms with Crippen molar-refractivity contribution in [3.05, 3.63) is 34.6 Å². The molecule has 0 fully saturated rings. The zero-order valence-electron chi connectivity index (χ0n) is 11.4. The first-order valence-corrected chi connectivity index (χ1v) is 6.54. The van der Waals surface area contributed by atoms with Gasteiger partial charge in [0.1, 0.15) is 5.82 Å². The van der Waals surface area contributed by atoms with Gasteiger partial charge in [0, 0.05) is 17.0 Å². The highest BCUT2D eigenvalue weighted by molar-refractivity contribution is 6.31. The molecule has 0 amide bonds. The van der Waals surface area contributed by atoms with E-state index in [9.17, 15) is 9.18 Å². The standard InChI is InChI=1S/C15H20ClFO/c1-10(9-15(2,3)4)5-14(18)11-6-12(16)8-13(17)7-11/h6-8,10H,5,9H2,1-4H3. The molecule has 0 N–H and O–H groups in total. The summed E-state index contributed by atoms with van der Waals surface area (Å²) in [6.07, 6.45) is 1.39. The number of hydrogen-bond donors (Lipinski definition) is 0. The predicted molar refractivity (Wildman–Crippen MR) is 73.6 cm³/mol. The van der Waals surface area contributed by atoms with Crippen LogP contribution in [0.1, 0.15) is 50.9 Å². The van der Waals surface area contributed by atoms with Gasteiger partial charge in [0.05, 0.1) is 0 Å². The number of rotatable bonds is 4. The number of hydrogen-bond acceptors (Lipinski definition) is 1. The molecule has 3 heteroatoms. The van der Waals surface area contributed by atoms with Crippen molar-refractivity contribution in [3.8, 4) is 0 Å². The molecular formula is C15H20ClFO. The topological polar surface area (TPSA) is 17.1 Å². The molecule has 1 aromatic rings. The van der Waals surface area contributed by atoms with Crippen LogP contribution in [0.3, 0.4) is 0 Å². The third-order valence-electron chi connectivity index (χ3n) is 2.68. The maximum atomic E-state index is 13.2. The normalized spacial score (nSPS) is 13.4. The lowest BCUT2D eigenvalue weighted by molar-refractivity contribution is 0.0954. The molecule has 0 radical (unpaired) electrons. The molecule has 0 saturated carbocycles. The van der Waals surface area contributed by atoms with Gasteiger partial charge in [0.15, 0.2) is 5.78 Å². The van der Waals surface area contributed by atoms with E-state index in [1.807, 2.05) is 6.92 Å². The second-order valence-electron chi connectivity index (χ2n) is 6.16. The number of carbonyl (C=O) groups excluding carboxylic acids is 1. The Morgan fingerprint density at radius 3 is 2.44 bits per heavy atom. The fraction of sp³-hybridized carbons (Fsp3) is 0.533. The third-order valence-corrected chi connectivity index (χ3v) is 2.90. The summed E-state index contributed by atoms with van der Waals surface area (Å²) in [4.78, 5) is 12.0. The smallest absolute Gasteiger partial charge is 0.163 e. The minimum absolute atomic E-state index is 0.0480. The van der Waals surface area contributed by atoms with E-state index in [0.717, 1.165) is 6.42 Å². The first-order valence-electron chi connectivity index (χ1n) is 6.17. The van der Waals surface area contributed by atoms with Crippen LogP contribution in [0.2, 0.25) is 5.02 Å². The predicted octanol–water partition coefficient (Wildman–Crippen LogP) is 5.12. The van der Waals surface area contributed by atoms with E-state index in [-0.39, 0.29) is 22.1 Å². The second kappa shape index (κ2) is 5.83. The summed E-state index contributed by atoms with van der Waals surface area (Å²) in [5.41, 5.74) is 0.556. The summed E-state index contributed by atoms with van der Waals surface area (Å²) >= 11 is 5.74. The molecule has 0 spiro atoms. The Labute approximate surface area is 113 Å². The van der Waals surface area contributed by atoms with Crippen molar-refractivity contribution in [3.63, 3.8) is 0 Å². The fourth-order valence-electron chi connectivity index (χ4n) is 2.27. The number of benzene rings is 1. The van der Waals surface area contributed by atoms with Gasteiger partial charge >= 0.3 is 0 Å². The number of carbonyl (C=O) groups is 1. The number of ketones is 1. The quantitative estimate of drug-likeness (QED) is 0.694. The molecule has 1 aromatic carbocycles. The van der Waals surface area contributed by atoms with Gasteiger partial charge in [-0.15, -0.1) is 0 Å². The van der Waals surface area contributed by atoms with Gasteiger partial charge in [-0.2, -0.15) is 0 Å². The van der Waals surface area contributed by atoms with Crippen molar-refractivity contribution in [2.24, 2.45) is 11.3 Å². The molecule has 100 valence electrons. The van der Waals surface area contributed by atoms with Crippen molar-refractivity contribution in [2.45, 2.75) is 40.5 Å². The van der Waals surface area contributed by atoms with Gasteiger partial charge < -0.3 is 0 Å². The maximum Gasteiger partial charge on any atom is 0.163 e. The zero-order valence-corrected chi connectivity index (χ0v) is 12.1. The minimum atomic E-state index is -0.464. The maximum absolute atomic E-state index is 13.2. The van der Waals surface area contributed by atoms with E-state index in [0.29, 0.717) is 12.0 Å². The summed E-state index contributed by atoms with van der Waals surface area (Å²) in [6.45, 7) is 8.48. The van der Waals surface area contributed by atoms with Crippen LogP contribution in [0.5, 0.6) is 0 Å². The lowest BCUT2D eigenvalue weighted by Gasteiger charge is -2.22. The summed E-state index contributed by atoms with van der Waals surface area (Å²) in [7, 11) is 0. The number of Topliss-reactive ketones (excluding diaryl/α,β-unsaturated/α-hetero) is 1. The minimum Gasteiger partial charge on any atom is -0.294 e. The molecule has 1 atom stereocenters. The molecule has 1 nitrogen and oxygen atoms in total. The van der Waals surface area contributed by atoms with E-state index in [1.54, 1.807) is 0 Å². The van der Waals surface area contributed by atoms with Gasteiger partial charge in [-0.25, -0.2) is 4.39 Å². The Morgan fingerprint density at radius 1 is 1.33 bits per heavy atom. The Balaban J connectivity index is 2.70. The summed E-state index contributed by atoms with van der Waals surface area (Å²) in [5, 5.41) is 0.266. The van der Waals surface area contributed by atoms with E-state index >= 15 is 0 Å². The van der Waals surface area contributed by atoms with Crippen LogP contribution >= 0.6 is 11.6 Å². The van der Waals surface area contributed by atoms with Gasteiger partial charge in [0.25, 0.3) is 0 Å². The molecule has 0 aliphatic heterocycles. The van der Waals surface area contributed by atoms with E-state index < -0.39 is 5.82 Å². The van der Waals surface area contributed by atoms with Crippen molar-refractivity contribution in [1.29, 1.82) is 0 Å². The zero-order chi connectivity index (χ0) is 13.9. The Bertz CT molecular complexity index is 414. The largest absolute Gasteiger partial charge is 0.294 e. The van der Waals surface area contributed by atoms with E-state index in [1.165, 1.54) is 18.2 Å². The SMILES string of the molecule is CC(CC(=O)c1cc(F)cc(Cl)c1)CC(C)(C)C. The van der Waals surface area contributed by atoms with Crippen molar-refractivity contribution < 1.29 is 9.18 Å². The first-order chi connectivity index (χ1) is 8.17. The molecule has 18 heavy (non-hydrogen) atoms. The van der Waals surface area contributed by atoms with E-state index in [4.69, 9.17) is 11.6 Å². The Kier molecular flexibility index (Phi) is 4.92. The summed E-state index contributed by atoms with van der Waals surface area (Å²) in [6, 6.07) is 3.98. The summed E-state index contributed by atoms with van der Waals surface area (Å²) in [5.74, 6) is -0.234. The lowest BCUT2D eigenvalue weighted by Crippen LogP contribution is -2.14. The fourth-order valence-corrected chi connectivity index (χ4v) is 2.49. The molecule has 1 rings (SSSR count). The average molecular weight is 271 g/mol. The molecule has 0 bridgehead atoms. The third kappa shape index (κ3) is 5.18. The molecule has 0 aliphatic rings. The van der Waals surface area contributed by atoms with Crippen LogP contribution in [0.4, 0.5) is 4.39 Å². The lowest BCUT2D eigenvalue weighted by atomic mass is 9.83. The highest BCUT2D eigenvalue weighted by Gasteiger charge is 2.19. The Morgan fingerprint density at radius 2 is 1.94 bits per heavy atom. The first kappa shape index (κ1) is 15.2. The molecule has 0 saturated heterocycles.